The normalized spacial score (nSPS) is 30.3. The minimum Gasteiger partial charge on any atom is -0.462 e. The number of cyclic esters (lactones) is 1. The first-order valence-corrected chi connectivity index (χ1v) is 17.6. The van der Waals surface area contributed by atoms with Gasteiger partial charge < -0.3 is 14.3 Å². The van der Waals surface area contributed by atoms with Gasteiger partial charge in [0.25, 0.3) is 8.32 Å². The second kappa shape index (κ2) is 10.8. The summed E-state index contributed by atoms with van der Waals surface area (Å²) in [5, 5.41) is 15.0. The van der Waals surface area contributed by atoms with E-state index in [0.29, 0.717) is 18.9 Å². The van der Waals surface area contributed by atoms with Gasteiger partial charge in [-0.25, -0.2) is 0 Å². The van der Waals surface area contributed by atoms with Gasteiger partial charge in [0, 0.05) is 12.0 Å². The van der Waals surface area contributed by atoms with E-state index in [-0.39, 0.29) is 28.9 Å². The third kappa shape index (κ3) is 4.86. The van der Waals surface area contributed by atoms with Crippen molar-refractivity contribution in [3.63, 3.8) is 0 Å². The Morgan fingerprint density at radius 1 is 0.976 bits per heavy atom. The Labute approximate surface area is 248 Å². The Morgan fingerprint density at radius 2 is 1.56 bits per heavy atom. The van der Waals surface area contributed by atoms with Gasteiger partial charge in [-0.05, 0) is 70.8 Å². The van der Waals surface area contributed by atoms with Gasteiger partial charge in [0.1, 0.15) is 11.7 Å². The molecule has 4 atom stereocenters. The lowest BCUT2D eigenvalue weighted by atomic mass is 9.50. The van der Waals surface area contributed by atoms with Crippen molar-refractivity contribution in [1.29, 1.82) is 0 Å². The predicted octanol–water partition coefficient (Wildman–Crippen LogP) is 6.94. The summed E-state index contributed by atoms with van der Waals surface area (Å²) in [6.07, 6.45) is 5.17. The van der Waals surface area contributed by atoms with Gasteiger partial charge in [-0.2, -0.15) is 0 Å². The third-order valence-electron chi connectivity index (χ3n) is 10.9. The number of allylic oxidation sites excluding steroid dienone is 1. The quantitative estimate of drug-likeness (QED) is 0.161. The van der Waals surface area contributed by atoms with Crippen molar-refractivity contribution < 1.29 is 19.1 Å². The summed E-state index contributed by atoms with van der Waals surface area (Å²) in [6, 6.07) is 21.4. The first kappa shape index (κ1) is 30.3. The van der Waals surface area contributed by atoms with Gasteiger partial charge in [-0.1, -0.05) is 115 Å². The standard InChI is InChI=1S/C36H50O4Si/c1-26(2)29-20-21-34(6)22-23-35(7)30(40-31(37)25-36(35,38)32(29)34)19-14-24-39-41(33(3,4)5,27-15-10-8-11-16-27)28-17-12-9-13-18-28/h8-13,15-18,26,30,38H,14,19-25H2,1-7H3/t30-,34+,35-,36+/m0/s1. The van der Waals surface area contributed by atoms with E-state index in [4.69, 9.17) is 9.16 Å². The molecule has 0 unspecified atom stereocenters. The zero-order chi connectivity index (χ0) is 29.7. The topological polar surface area (TPSA) is 55.8 Å². The molecule has 222 valence electrons. The lowest BCUT2D eigenvalue weighted by Crippen LogP contribution is -2.66. The number of esters is 1. The largest absolute Gasteiger partial charge is 0.462 e. The number of rotatable bonds is 8. The number of hydrogen-bond acceptors (Lipinski definition) is 4. The van der Waals surface area contributed by atoms with E-state index in [9.17, 15) is 9.90 Å². The molecule has 1 aliphatic heterocycles. The number of fused-ring (bicyclic) bond motifs is 3. The SMILES string of the molecule is CC(C)C1=C2[C@](C)(CC1)CC[C@@]1(C)[C@H](CCCO[Si](c3ccccc3)(c3ccccc3)C(C)(C)C)OC(=O)C[C@@]21O. The second-order valence-corrected chi connectivity index (χ2v) is 19.0. The molecule has 1 saturated carbocycles. The zero-order valence-electron chi connectivity index (χ0n) is 26.3. The molecule has 0 amide bonds. The van der Waals surface area contributed by atoms with Crippen LogP contribution in [0, 0.1) is 16.7 Å². The number of benzene rings is 2. The highest BCUT2D eigenvalue weighted by molar-refractivity contribution is 6.99. The Kier molecular flexibility index (Phi) is 7.97. The lowest BCUT2D eigenvalue weighted by molar-refractivity contribution is -0.214. The van der Waals surface area contributed by atoms with Crippen LogP contribution in [0.3, 0.4) is 0 Å². The highest BCUT2D eigenvalue weighted by Crippen LogP contribution is 2.65. The van der Waals surface area contributed by atoms with Crippen molar-refractivity contribution in [3.05, 3.63) is 71.8 Å². The maximum absolute atomic E-state index is 13.1. The molecular weight excluding hydrogens is 524 g/mol. The predicted molar refractivity (Wildman–Crippen MR) is 169 cm³/mol. The average Bonchev–Trinajstić information content (AvgIpc) is 3.29. The van der Waals surface area contributed by atoms with Gasteiger partial charge in [-0.3, -0.25) is 4.79 Å². The smallest absolute Gasteiger partial charge is 0.309 e. The number of aliphatic hydroxyl groups is 1. The highest BCUT2D eigenvalue weighted by atomic mass is 28.4. The first-order chi connectivity index (χ1) is 19.3. The average molecular weight is 575 g/mol. The molecule has 0 radical (unpaired) electrons. The molecule has 5 rings (SSSR count). The van der Waals surface area contributed by atoms with E-state index in [1.165, 1.54) is 21.5 Å². The molecule has 4 nitrogen and oxygen atoms in total. The van der Waals surface area contributed by atoms with E-state index < -0.39 is 19.3 Å². The summed E-state index contributed by atoms with van der Waals surface area (Å²) in [4.78, 5) is 13.1. The van der Waals surface area contributed by atoms with Gasteiger partial charge in [0.05, 0.1) is 6.42 Å². The van der Waals surface area contributed by atoms with E-state index in [2.05, 4.69) is 109 Å². The summed E-state index contributed by atoms with van der Waals surface area (Å²) in [5.41, 5.74) is 0.859. The maximum Gasteiger partial charge on any atom is 0.309 e. The lowest BCUT2D eigenvalue weighted by Gasteiger charge is -2.59. The number of carbonyl (C=O) groups excluding carboxylic acids is 1. The molecule has 41 heavy (non-hydrogen) atoms. The summed E-state index contributed by atoms with van der Waals surface area (Å²) in [7, 11) is -2.63. The summed E-state index contributed by atoms with van der Waals surface area (Å²) < 4.78 is 13.2. The molecule has 1 heterocycles. The molecule has 5 heteroatoms. The summed E-state index contributed by atoms with van der Waals surface area (Å²) >= 11 is 0. The number of hydrogen-bond donors (Lipinski definition) is 1. The highest BCUT2D eigenvalue weighted by Gasteiger charge is 2.66. The molecule has 2 aromatic rings. The number of ether oxygens (including phenoxy) is 1. The van der Waals surface area contributed by atoms with Crippen molar-refractivity contribution >= 4 is 24.7 Å². The van der Waals surface area contributed by atoms with Crippen LogP contribution in [0.2, 0.25) is 5.04 Å². The van der Waals surface area contributed by atoms with Crippen LogP contribution in [0.25, 0.3) is 0 Å². The van der Waals surface area contributed by atoms with Crippen molar-refractivity contribution in [2.45, 2.75) is 110 Å². The van der Waals surface area contributed by atoms with Crippen LogP contribution in [0.1, 0.15) is 93.4 Å². The van der Waals surface area contributed by atoms with E-state index >= 15 is 0 Å². The zero-order valence-corrected chi connectivity index (χ0v) is 27.3. The molecule has 1 N–H and O–H groups in total. The van der Waals surface area contributed by atoms with Crippen LogP contribution in [-0.4, -0.2) is 37.7 Å². The van der Waals surface area contributed by atoms with Crippen LogP contribution >= 0.6 is 0 Å². The minimum absolute atomic E-state index is 0.0254. The summed E-state index contributed by atoms with van der Waals surface area (Å²) in [6.45, 7) is 16.4. The molecule has 2 fully saturated rings. The fourth-order valence-corrected chi connectivity index (χ4v) is 13.2. The van der Waals surface area contributed by atoms with Crippen LogP contribution in [0.5, 0.6) is 0 Å². The van der Waals surface area contributed by atoms with E-state index in [1.807, 2.05) is 0 Å². The fraction of sp³-hybridized carbons (Fsp3) is 0.583. The van der Waals surface area contributed by atoms with Gasteiger partial charge in [-0.15, -0.1) is 0 Å². The van der Waals surface area contributed by atoms with Crippen molar-refractivity contribution in [2.24, 2.45) is 16.7 Å². The minimum atomic E-state index is -2.63. The monoisotopic (exact) mass is 574 g/mol. The maximum atomic E-state index is 13.1. The Bertz CT molecular complexity index is 1240. The molecule has 0 aromatic heterocycles. The Hall–Kier alpha value is -2.21. The molecule has 2 aliphatic carbocycles. The van der Waals surface area contributed by atoms with Crippen LogP contribution in [0.15, 0.2) is 71.8 Å². The molecule has 0 bridgehead atoms. The van der Waals surface area contributed by atoms with Gasteiger partial charge >= 0.3 is 5.97 Å². The fourth-order valence-electron chi connectivity index (χ4n) is 8.56. The molecule has 0 spiro atoms. The van der Waals surface area contributed by atoms with Crippen molar-refractivity contribution in [2.75, 3.05) is 6.61 Å². The first-order valence-electron chi connectivity index (χ1n) is 15.7. The molecular formula is C36H50O4Si. The van der Waals surface area contributed by atoms with Crippen LogP contribution in [0.4, 0.5) is 0 Å². The van der Waals surface area contributed by atoms with E-state index in [1.54, 1.807) is 0 Å². The molecule has 3 aliphatic rings. The van der Waals surface area contributed by atoms with E-state index in [0.717, 1.165) is 32.1 Å². The van der Waals surface area contributed by atoms with Crippen molar-refractivity contribution in [1.82, 2.24) is 0 Å². The van der Waals surface area contributed by atoms with Gasteiger partial charge in [0.2, 0.25) is 0 Å². The molecule has 2 aromatic carbocycles. The summed E-state index contributed by atoms with van der Waals surface area (Å²) in [5.74, 6) is 0.101. The Balaban J connectivity index is 1.41. The van der Waals surface area contributed by atoms with Crippen LogP contribution < -0.4 is 10.4 Å². The second-order valence-electron chi connectivity index (χ2n) is 14.7. The van der Waals surface area contributed by atoms with Gasteiger partial charge in [0.15, 0.2) is 0 Å². The molecule has 1 saturated heterocycles. The van der Waals surface area contributed by atoms with Crippen molar-refractivity contribution in [3.8, 4) is 0 Å². The van der Waals surface area contributed by atoms with Crippen LogP contribution in [-0.2, 0) is 14.0 Å². The Morgan fingerprint density at radius 3 is 2.10 bits per heavy atom. The number of carbonyl (C=O) groups is 1. The third-order valence-corrected chi connectivity index (χ3v) is 15.9.